The van der Waals surface area contributed by atoms with Crippen LogP contribution in [0.5, 0.6) is 0 Å². The zero-order valence-electron chi connectivity index (χ0n) is 19.7. The van der Waals surface area contributed by atoms with Crippen LogP contribution in [0.4, 0.5) is 0 Å². The first-order valence-electron chi connectivity index (χ1n) is 11.0. The number of aromatic nitrogens is 2. The SMILES string of the molecule is CCOC(=O)Cn1c(=O)cc(Cl)c2ccc(C)cc21.Cc1ccc2c(Cl)cc(=O)n(CCO)c2c1. The number of fused-ring (bicyclic) bond motifs is 2. The van der Waals surface area contributed by atoms with Gasteiger partial charge in [-0.1, -0.05) is 47.5 Å². The van der Waals surface area contributed by atoms with Gasteiger partial charge >= 0.3 is 5.97 Å². The van der Waals surface area contributed by atoms with Gasteiger partial charge in [-0.15, -0.1) is 0 Å². The van der Waals surface area contributed by atoms with E-state index in [2.05, 4.69) is 0 Å². The number of carbonyl (C=O) groups excluding carboxylic acids is 1. The molecule has 35 heavy (non-hydrogen) atoms. The zero-order chi connectivity index (χ0) is 25.7. The molecule has 1 N–H and O–H groups in total. The number of esters is 1. The summed E-state index contributed by atoms with van der Waals surface area (Å²) >= 11 is 12.1. The first-order chi connectivity index (χ1) is 16.7. The number of halogens is 2. The van der Waals surface area contributed by atoms with Crippen molar-refractivity contribution in [1.82, 2.24) is 9.13 Å². The fourth-order valence-electron chi connectivity index (χ4n) is 3.73. The molecular formula is C26H26Cl2N2O5. The average Bonchev–Trinajstić information content (AvgIpc) is 2.79. The maximum atomic E-state index is 12.0. The highest BCUT2D eigenvalue weighted by Crippen LogP contribution is 2.23. The van der Waals surface area contributed by atoms with E-state index in [1.165, 1.54) is 21.3 Å². The molecule has 9 heteroatoms. The fourth-order valence-corrected chi connectivity index (χ4v) is 4.24. The van der Waals surface area contributed by atoms with E-state index >= 15 is 0 Å². The van der Waals surface area contributed by atoms with Crippen LogP contribution in [-0.2, 0) is 22.6 Å². The van der Waals surface area contributed by atoms with Crippen molar-refractivity contribution in [2.45, 2.75) is 33.9 Å². The van der Waals surface area contributed by atoms with Crippen LogP contribution < -0.4 is 11.1 Å². The summed E-state index contributed by atoms with van der Waals surface area (Å²) in [6, 6.07) is 14.0. The second-order valence-electron chi connectivity index (χ2n) is 7.97. The first kappa shape index (κ1) is 26.5. The predicted molar refractivity (Wildman–Crippen MR) is 140 cm³/mol. The molecule has 2 aromatic heterocycles. The van der Waals surface area contributed by atoms with Crippen LogP contribution in [0.25, 0.3) is 21.8 Å². The Kier molecular flexibility index (Phi) is 8.72. The standard InChI is InChI=1S/C14H14ClNO3.C12H12ClNO2/c1-3-19-14(18)8-16-12-6-9(2)4-5-10(12)11(15)7-13(16)17;1-8-2-3-9-10(13)7-12(16)14(4-5-15)11(9)6-8/h4-7H,3,8H2,1-2H3;2-3,6-7,15H,4-5H2,1H3. The first-order valence-corrected chi connectivity index (χ1v) is 11.8. The number of rotatable bonds is 5. The molecule has 2 heterocycles. The molecule has 0 aliphatic carbocycles. The Balaban J connectivity index is 0.000000198. The van der Waals surface area contributed by atoms with Gasteiger partial charge in [-0.05, 0) is 44.0 Å². The van der Waals surface area contributed by atoms with Crippen molar-refractivity contribution >= 4 is 51.0 Å². The minimum Gasteiger partial charge on any atom is -0.465 e. The van der Waals surface area contributed by atoms with Crippen molar-refractivity contribution in [1.29, 1.82) is 0 Å². The Hall–Kier alpha value is -3.13. The molecule has 4 aromatic rings. The molecule has 0 atom stereocenters. The summed E-state index contributed by atoms with van der Waals surface area (Å²) in [4.78, 5) is 35.3. The Morgan fingerprint density at radius 3 is 1.83 bits per heavy atom. The summed E-state index contributed by atoms with van der Waals surface area (Å²) in [6.07, 6.45) is 0. The highest BCUT2D eigenvalue weighted by Gasteiger charge is 2.12. The number of aryl methyl sites for hydroxylation is 2. The van der Waals surface area contributed by atoms with Crippen molar-refractivity contribution in [3.8, 4) is 0 Å². The number of carbonyl (C=O) groups is 1. The second kappa shape index (κ2) is 11.5. The van der Waals surface area contributed by atoms with E-state index in [1.807, 2.05) is 50.2 Å². The topological polar surface area (TPSA) is 90.5 Å². The van der Waals surface area contributed by atoms with Crippen LogP contribution >= 0.6 is 23.2 Å². The van der Waals surface area contributed by atoms with Gasteiger partial charge in [0, 0.05) is 29.4 Å². The third-order valence-electron chi connectivity index (χ3n) is 5.35. The van der Waals surface area contributed by atoms with Gasteiger partial charge in [-0.2, -0.15) is 0 Å². The van der Waals surface area contributed by atoms with Crippen molar-refractivity contribution in [2.24, 2.45) is 0 Å². The van der Waals surface area contributed by atoms with E-state index in [-0.39, 0.29) is 37.4 Å². The minimum absolute atomic E-state index is 0.0649. The molecule has 0 spiro atoms. The number of aliphatic hydroxyl groups is 1. The molecule has 0 bridgehead atoms. The fraction of sp³-hybridized carbons (Fsp3) is 0.269. The van der Waals surface area contributed by atoms with E-state index in [1.54, 1.807) is 6.92 Å². The molecule has 184 valence electrons. The predicted octanol–water partition coefficient (Wildman–Crippen LogP) is 4.48. The number of pyridine rings is 2. The Morgan fingerprint density at radius 1 is 0.857 bits per heavy atom. The molecule has 0 radical (unpaired) electrons. The lowest BCUT2D eigenvalue weighted by molar-refractivity contribution is -0.143. The van der Waals surface area contributed by atoms with Gasteiger partial charge in [0.25, 0.3) is 11.1 Å². The molecule has 0 aliphatic heterocycles. The smallest absolute Gasteiger partial charge is 0.326 e. The molecular weight excluding hydrogens is 491 g/mol. The quantitative estimate of drug-likeness (QED) is 0.395. The highest BCUT2D eigenvalue weighted by atomic mass is 35.5. The van der Waals surface area contributed by atoms with Crippen molar-refractivity contribution in [3.05, 3.63) is 90.4 Å². The average molecular weight is 517 g/mol. The second-order valence-corrected chi connectivity index (χ2v) is 8.78. The molecule has 2 aromatic carbocycles. The van der Waals surface area contributed by atoms with Gasteiger partial charge in [0.05, 0.1) is 34.3 Å². The van der Waals surface area contributed by atoms with E-state index < -0.39 is 5.97 Å². The van der Waals surface area contributed by atoms with E-state index in [0.29, 0.717) is 15.6 Å². The molecule has 0 fully saturated rings. The van der Waals surface area contributed by atoms with Crippen molar-refractivity contribution in [3.63, 3.8) is 0 Å². The molecule has 4 rings (SSSR count). The van der Waals surface area contributed by atoms with Crippen LogP contribution in [0.15, 0.2) is 58.1 Å². The monoisotopic (exact) mass is 516 g/mol. The summed E-state index contributed by atoms with van der Waals surface area (Å²) in [6.45, 7) is 6.00. The number of nitrogens with zero attached hydrogens (tertiary/aromatic N) is 2. The Labute approximate surface area is 212 Å². The van der Waals surface area contributed by atoms with Crippen LogP contribution in [0.2, 0.25) is 10.0 Å². The molecule has 0 unspecified atom stereocenters. The number of hydrogen-bond donors (Lipinski definition) is 1. The third kappa shape index (κ3) is 6.11. The van der Waals surface area contributed by atoms with Crippen LogP contribution in [0.1, 0.15) is 18.1 Å². The molecule has 0 aliphatic rings. The molecule has 0 amide bonds. The number of aliphatic hydroxyl groups excluding tert-OH is 1. The lowest BCUT2D eigenvalue weighted by Gasteiger charge is -2.11. The number of ether oxygens (including phenoxy) is 1. The van der Waals surface area contributed by atoms with Gasteiger partial charge in [0.15, 0.2) is 0 Å². The van der Waals surface area contributed by atoms with Gasteiger partial charge in [0.1, 0.15) is 6.54 Å². The summed E-state index contributed by atoms with van der Waals surface area (Å²) < 4.78 is 7.80. The van der Waals surface area contributed by atoms with E-state index in [0.717, 1.165) is 27.4 Å². The molecule has 0 saturated heterocycles. The summed E-state index contributed by atoms with van der Waals surface area (Å²) in [5.41, 5.74) is 2.97. The van der Waals surface area contributed by atoms with Crippen LogP contribution in [0, 0.1) is 13.8 Å². The van der Waals surface area contributed by atoms with E-state index in [9.17, 15) is 14.4 Å². The largest absolute Gasteiger partial charge is 0.465 e. The normalized spacial score (nSPS) is 10.8. The number of hydrogen-bond acceptors (Lipinski definition) is 5. The summed E-state index contributed by atoms with van der Waals surface area (Å²) in [5, 5.41) is 11.4. The molecule has 7 nitrogen and oxygen atoms in total. The van der Waals surface area contributed by atoms with Crippen molar-refractivity contribution in [2.75, 3.05) is 13.2 Å². The minimum atomic E-state index is -0.435. The zero-order valence-corrected chi connectivity index (χ0v) is 21.2. The summed E-state index contributed by atoms with van der Waals surface area (Å²) in [7, 11) is 0. The van der Waals surface area contributed by atoms with Gasteiger partial charge < -0.3 is 14.4 Å². The Morgan fingerprint density at radius 2 is 1.34 bits per heavy atom. The number of benzene rings is 2. The highest BCUT2D eigenvalue weighted by molar-refractivity contribution is 6.35. The van der Waals surface area contributed by atoms with Crippen molar-refractivity contribution < 1.29 is 14.6 Å². The van der Waals surface area contributed by atoms with Crippen LogP contribution in [0.3, 0.4) is 0 Å². The Bertz CT molecular complexity index is 1510. The van der Waals surface area contributed by atoms with Gasteiger partial charge in [0.2, 0.25) is 0 Å². The maximum absolute atomic E-state index is 12.0. The van der Waals surface area contributed by atoms with Gasteiger partial charge in [-0.3, -0.25) is 19.0 Å². The summed E-state index contributed by atoms with van der Waals surface area (Å²) in [5.74, 6) is -0.435. The van der Waals surface area contributed by atoms with Crippen LogP contribution in [-0.4, -0.2) is 33.4 Å². The lowest BCUT2D eigenvalue weighted by atomic mass is 10.1. The lowest BCUT2D eigenvalue weighted by Crippen LogP contribution is -2.25. The van der Waals surface area contributed by atoms with Gasteiger partial charge in [-0.25, -0.2) is 0 Å². The maximum Gasteiger partial charge on any atom is 0.326 e. The third-order valence-corrected chi connectivity index (χ3v) is 5.98. The van der Waals surface area contributed by atoms with E-state index in [4.69, 9.17) is 33.0 Å². The molecule has 0 saturated carbocycles.